The highest BCUT2D eigenvalue weighted by atomic mass is 32.2. The number of para-hydroxylation sites is 1. The van der Waals surface area contributed by atoms with Crippen molar-refractivity contribution in [1.29, 1.82) is 0 Å². The summed E-state index contributed by atoms with van der Waals surface area (Å²) in [6.07, 6.45) is 1.55. The molecule has 1 aromatic heterocycles. The lowest BCUT2D eigenvalue weighted by Crippen LogP contribution is -2.34. The average molecular weight is 317 g/mol. The van der Waals surface area contributed by atoms with Crippen LogP contribution in [0.3, 0.4) is 0 Å². The first kappa shape index (κ1) is 14.6. The molecular weight excluding hydrogens is 302 g/mol. The summed E-state index contributed by atoms with van der Waals surface area (Å²) in [5.41, 5.74) is 1.45. The molecule has 0 bridgehead atoms. The summed E-state index contributed by atoms with van der Waals surface area (Å²) >= 11 is 1.46. The Balaban J connectivity index is 2.01. The minimum absolute atomic E-state index is 0.0368. The van der Waals surface area contributed by atoms with Crippen molar-refractivity contribution in [1.82, 2.24) is 9.97 Å². The molecule has 1 unspecified atom stereocenters. The number of rotatable bonds is 3. The number of aromatic nitrogens is 2. The van der Waals surface area contributed by atoms with Crippen LogP contribution in [0.5, 0.6) is 11.8 Å². The van der Waals surface area contributed by atoms with Crippen LogP contribution in [0, 0.1) is 0 Å². The third-order valence-electron chi connectivity index (χ3n) is 3.41. The van der Waals surface area contributed by atoms with E-state index in [1.807, 2.05) is 24.3 Å². The lowest BCUT2D eigenvalue weighted by Gasteiger charge is -2.30. The van der Waals surface area contributed by atoms with Crippen molar-refractivity contribution in [3.63, 3.8) is 0 Å². The Kier molecular flexibility index (Phi) is 3.89. The molecule has 0 saturated carbocycles. The Hall–Kier alpha value is -2.28. The zero-order valence-electron chi connectivity index (χ0n) is 12.4. The number of anilines is 1. The molecule has 7 heteroatoms. The summed E-state index contributed by atoms with van der Waals surface area (Å²) in [5, 5.41) is -0.452. The predicted octanol–water partition coefficient (Wildman–Crippen LogP) is 2.30. The number of carbonyl (C=O) groups is 1. The van der Waals surface area contributed by atoms with Gasteiger partial charge in [-0.15, -0.1) is 11.8 Å². The minimum atomic E-state index is -0.452. The Morgan fingerprint density at radius 2 is 1.91 bits per heavy atom. The fourth-order valence-electron chi connectivity index (χ4n) is 2.27. The van der Waals surface area contributed by atoms with Gasteiger partial charge in [-0.3, -0.25) is 4.79 Å². The summed E-state index contributed by atoms with van der Waals surface area (Å²) in [7, 11) is 4.76. The monoisotopic (exact) mass is 317 g/mol. The number of benzene rings is 1. The first-order valence-corrected chi connectivity index (χ1v) is 7.52. The van der Waals surface area contributed by atoms with Crippen LogP contribution in [0.4, 0.5) is 5.69 Å². The second-order valence-electron chi connectivity index (χ2n) is 4.68. The molecule has 0 spiro atoms. The van der Waals surface area contributed by atoms with Crippen molar-refractivity contribution in [2.75, 3.05) is 26.2 Å². The first-order chi connectivity index (χ1) is 10.7. The van der Waals surface area contributed by atoms with E-state index < -0.39 is 5.25 Å². The maximum Gasteiger partial charge on any atom is 0.278 e. The number of thioether (sulfide) groups is 1. The van der Waals surface area contributed by atoms with E-state index in [0.717, 1.165) is 10.6 Å². The SMILES string of the molecule is COc1ncc(C2Sc3ccccc3N(C)C2=O)nc1OC. The number of likely N-dealkylation sites (N-methyl/N-ethyl adjacent to an activating group) is 1. The number of methoxy groups -OCH3 is 2. The van der Waals surface area contributed by atoms with Crippen LogP contribution in [-0.2, 0) is 4.79 Å². The molecule has 1 aliphatic heterocycles. The molecular formula is C15H15N3O3S. The summed E-state index contributed by atoms with van der Waals surface area (Å²) in [6.45, 7) is 0. The fraction of sp³-hybridized carbons (Fsp3) is 0.267. The van der Waals surface area contributed by atoms with Gasteiger partial charge in [-0.25, -0.2) is 9.97 Å². The minimum Gasteiger partial charge on any atom is -0.477 e. The summed E-state index contributed by atoms with van der Waals surface area (Å²) < 4.78 is 10.2. The summed E-state index contributed by atoms with van der Waals surface area (Å²) in [6, 6.07) is 7.79. The number of amides is 1. The van der Waals surface area contributed by atoms with Gasteiger partial charge in [0.05, 0.1) is 31.8 Å². The fourth-order valence-corrected chi connectivity index (χ4v) is 3.50. The number of carbonyl (C=O) groups excluding carboxylic acids is 1. The molecule has 0 N–H and O–H groups in total. The van der Waals surface area contributed by atoms with Crippen molar-refractivity contribution < 1.29 is 14.3 Å². The molecule has 2 aromatic rings. The molecule has 1 amide bonds. The largest absolute Gasteiger partial charge is 0.477 e. The molecule has 6 nitrogen and oxygen atoms in total. The zero-order chi connectivity index (χ0) is 15.7. The van der Waals surface area contributed by atoms with Crippen LogP contribution in [0.2, 0.25) is 0 Å². The number of nitrogens with zero attached hydrogens (tertiary/aromatic N) is 3. The number of hydrogen-bond acceptors (Lipinski definition) is 6. The molecule has 0 saturated heterocycles. The molecule has 22 heavy (non-hydrogen) atoms. The van der Waals surface area contributed by atoms with Crippen LogP contribution >= 0.6 is 11.8 Å². The summed E-state index contributed by atoms with van der Waals surface area (Å²) in [4.78, 5) is 23.8. The Bertz CT molecular complexity index is 723. The quantitative estimate of drug-likeness (QED) is 0.865. The van der Waals surface area contributed by atoms with Gasteiger partial charge in [-0.05, 0) is 12.1 Å². The molecule has 1 atom stereocenters. The Morgan fingerprint density at radius 1 is 1.18 bits per heavy atom. The predicted molar refractivity (Wildman–Crippen MR) is 83.6 cm³/mol. The van der Waals surface area contributed by atoms with Crippen molar-refractivity contribution in [3.05, 3.63) is 36.2 Å². The molecule has 2 heterocycles. The maximum absolute atomic E-state index is 12.6. The van der Waals surface area contributed by atoms with Crippen LogP contribution in [0.1, 0.15) is 10.9 Å². The standard InChI is InChI=1S/C15H15N3O3S/c1-18-10-6-4-5-7-11(10)22-12(15(18)19)9-8-16-13(20-2)14(17-9)21-3/h4-8,12H,1-3H3. The van der Waals surface area contributed by atoms with Crippen molar-refractivity contribution in [3.8, 4) is 11.8 Å². The zero-order valence-corrected chi connectivity index (χ0v) is 13.3. The van der Waals surface area contributed by atoms with Gasteiger partial charge in [0.15, 0.2) is 0 Å². The third-order valence-corrected chi connectivity index (χ3v) is 4.69. The third kappa shape index (κ3) is 2.37. The van der Waals surface area contributed by atoms with Crippen LogP contribution in [-0.4, -0.2) is 37.1 Å². The van der Waals surface area contributed by atoms with E-state index in [2.05, 4.69) is 9.97 Å². The van der Waals surface area contributed by atoms with Gasteiger partial charge in [-0.1, -0.05) is 12.1 Å². The molecule has 0 aliphatic carbocycles. The van der Waals surface area contributed by atoms with E-state index in [9.17, 15) is 4.79 Å². The molecule has 1 aromatic carbocycles. The van der Waals surface area contributed by atoms with E-state index in [4.69, 9.17) is 9.47 Å². The Labute approximate surface area is 132 Å². The second-order valence-corrected chi connectivity index (χ2v) is 5.82. The molecule has 1 aliphatic rings. The first-order valence-electron chi connectivity index (χ1n) is 6.64. The van der Waals surface area contributed by atoms with Crippen LogP contribution in [0.25, 0.3) is 0 Å². The highest BCUT2D eigenvalue weighted by Gasteiger charge is 2.34. The van der Waals surface area contributed by atoms with Crippen molar-refractivity contribution in [2.24, 2.45) is 0 Å². The van der Waals surface area contributed by atoms with Gasteiger partial charge >= 0.3 is 0 Å². The number of ether oxygens (including phenoxy) is 2. The van der Waals surface area contributed by atoms with E-state index >= 15 is 0 Å². The van der Waals surface area contributed by atoms with Crippen LogP contribution in [0.15, 0.2) is 35.4 Å². The highest BCUT2D eigenvalue weighted by Crippen LogP contribution is 2.45. The van der Waals surface area contributed by atoms with E-state index in [-0.39, 0.29) is 11.8 Å². The van der Waals surface area contributed by atoms with Gasteiger partial charge in [0.1, 0.15) is 5.25 Å². The smallest absolute Gasteiger partial charge is 0.278 e. The highest BCUT2D eigenvalue weighted by molar-refractivity contribution is 8.00. The normalized spacial score (nSPS) is 17.1. The summed E-state index contributed by atoms with van der Waals surface area (Å²) in [5.74, 6) is 0.536. The molecule has 0 radical (unpaired) electrons. The number of hydrogen-bond donors (Lipinski definition) is 0. The average Bonchev–Trinajstić information content (AvgIpc) is 2.57. The lowest BCUT2D eigenvalue weighted by atomic mass is 10.2. The Morgan fingerprint density at radius 3 is 2.64 bits per heavy atom. The topological polar surface area (TPSA) is 64.5 Å². The second kappa shape index (κ2) is 5.84. The van der Waals surface area contributed by atoms with Gasteiger partial charge in [-0.2, -0.15) is 0 Å². The van der Waals surface area contributed by atoms with E-state index in [0.29, 0.717) is 11.6 Å². The van der Waals surface area contributed by atoms with Gasteiger partial charge in [0.2, 0.25) is 5.91 Å². The van der Waals surface area contributed by atoms with Gasteiger partial charge in [0.25, 0.3) is 11.8 Å². The van der Waals surface area contributed by atoms with E-state index in [1.54, 1.807) is 18.1 Å². The van der Waals surface area contributed by atoms with Crippen molar-refractivity contribution >= 4 is 23.4 Å². The lowest BCUT2D eigenvalue weighted by molar-refractivity contribution is -0.118. The van der Waals surface area contributed by atoms with Crippen LogP contribution < -0.4 is 14.4 Å². The van der Waals surface area contributed by atoms with Gasteiger partial charge < -0.3 is 14.4 Å². The maximum atomic E-state index is 12.6. The molecule has 0 fully saturated rings. The number of fused-ring (bicyclic) bond motifs is 1. The van der Waals surface area contributed by atoms with Gasteiger partial charge in [0, 0.05) is 11.9 Å². The molecule has 114 valence electrons. The van der Waals surface area contributed by atoms with Crippen molar-refractivity contribution in [2.45, 2.75) is 10.1 Å². The molecule has 3 rings (SSSR count). The van der Waals surface area contributed by atoms with E-state index in [1.165, 1.54) is 26.0 Å².